The summed E-state index contributed by atoms with van der Waals surface area (Å²) in [7, 11) is 0. The maximum atomic E-state index is 11.0. The number of pyridine rings is 2. The largest absolute Gasteiger partial charge is 0.439 e. The number of aromatic nitrogens is 2. The molecule has 3 N–H and O–H groups in total. The number of ether oxygens (including phenoxy) is 1. The molecule has 1 amide bonds. The highest BCUT2D eigenvalue weighted by Crippen LogP contribution is 2.19. The van der Waals surface area contributed by atoms with Crippen LogP contribution in [0.4, 0.5) is 0 Å². The van der Waals surface area contributed by atoms with E-state index in [4.69, 9.17) is 10.5 Å². The van der Waals surface area contributed by atoms with Gasteiger partial charge in [-0.1, -0.05) is 18.2 Å². The number of nitrogens with one attached hydrogen (secondary N) is 1. The highest BCUT2D eigenvalue weighted by molar-refractivity contribution is 5.92. The molecule has 6 nitrogen and oxygen atoms in total. The Morgan fingerprint density at radius 2 is 1.88 bits per heavy atom. The van der Waals surface area contributed by atoms with E-state index in [9.17, 15) is 4.79 Å². The van der Waals surface area contributed by atoms with Gasteiger partial charge in [-0.25, -0.2) is 4.98 Å². The SMILES string of the molecule is NC(=O)c1ccc(Oc2ccc(CNCCc3cccnc3)cc2)nc1. The Bertz CT molecular complexity index is 834. The third kappa shape index (κ3) is 5.12. The first-order valence-electron chi connectivity index (χ1n) is 8.33. The zero-order chi connectivity index (χ0) is 18.2. The number of nitrogens with two attached hydrogens (primary N) is 1. The molecule has 2 aromatic heterocycles. The summed E-state index contributed by atoms with van der Waals surface area (Å²) in [5, 5.41) is 3.41. The highest BCUT2D eigenvalue weighted by Gasteiger charge is 2.03. The van der Waals surface area contributed by atoms with E-state index in [-0.39, 0.29) is 0 Å². The first kappa shape index (κ1) is 17.6. The summed E-state index contributed by atoms with van der Waals surface area (Å²) in [5.41, 5.74) is 7.93. The van der Waals surface area contributed by atoms with Crippen molar-refractivity contribution in [2.75, 3.05) is 6.54 Å². The molecule has 6 heteroatoms. The van der Waals surface area contributed by atoms with Crippen LogP contribution in [-0.2, 0) is 13.0 Å². The molecule has 0 saturated carbocycles. The van der Waals surface area contributed by atoms with Gasteiger partial charge in [0.15, 0.2) is 0 Å². The van der Waals surface area contributed by atoms with Gasteiger partial charge in [0.2, 0.25) is 11.8 Å². The Morgan fingerprint density at radius 1 is 1.04 bits per heavy atom. The van der Waals surface area contributed by atoms with Crippen LogP contribution in [0, 0.1) is 0 Å². The number of benzene rings is 1. The molecule has 0 aliphatic heterocycles. The van der Waals surface area contributed by atoms with Gasteiger partial charge in [0, 0.05) is 31.2 Å². The molecule has 0 atom stereocenters. The van der Waals surface area contributed by atoms with E-state index in [1.807, 2.05) is 36.5 Å². The van der Waals surface area contributed by atoms with E-state index in [1.54, 1.807) is 18.3 Å². The Morgan fingerprint density at radius 3 is 2.54 bits per heavy atom. The van der Waals surface area contributed by atoms with Crippen LogP contribution in [0.5, 0.6) is 11.6 Å². The van der Waals surface area contributed by atoms with Crippen LogP contribution in [0.1, 0.15) is 21.5 Å². The minimum Gasteiger partial charge on any atom is -0.439 e. The molecule has 3 rings (SSSR count). The van der Waals surface area contributed by atoms with E-state index in [0.717, 1.165) is 19.5 Å². The van der Waals surface area contributed by atoms with Crippen LogP contribution < -0.4 is 15.8 Å². The predicted octanol–water partition coefficient (Wildman–Crippen LogP) is 2.70. The molecule has 0 unspecified atom stereocenters. The van der Waals surface area contributed by atoms with Gasteiger partial charge in [-0.05, 0) is 48.4 Å². The van der Waals surface area contributed by atoms with Crippen molar-refractivity contribution < 1.29 is 9.53 Å². The van der Waals surface area contributed by atoms with Crippen molar-refractivity contribution >= 4 is 5.91 Å². The fourth-order valence-corrected chi connectivity index (χ4v) is 2.39. The molecule has 0 radical (unpaired) electrons. The molecule has 132 valence electrons. The standard InChI is InChI=1S/C20H20N4O2/c21-20(25)17-5-8-19(24-14-17)26-18-6-3-16(4-7-18)13-23-11-9-15-2-1-10-22-12-15/h1-8,10,12,14,23H,9,11,13H2,(H2,21,25). The van der Waals surface area contributed by atoms with Gasteiger partial charge >= 0.3 is 0 Å². The topological polar surface area (TPSA) is 90.1 Å². The Balaban J connectivity index is 1.46. The van der Waals surface area contributed by atoms with Crippen LogP contribution in [0.2, 0.25) is 0 Å². The summed E-state index contributed by atoms with van der Waals surface area (Å²) in [4.78, 5) is 19.2. The minimum atomic E-state index is -0.510. The average Bonchev–Trinajstić information content (AvgIpc) is 2.68. The number of rotatable bonds is 8. The lowest BCUT2D eigenvalue weighted by Gasteiger charge is -2.08. The van der Waals surface area contributed by atoms with Crippen LogP contribution in [0.15, 0.2) is 67.1 Å². The molecule has 0 aliphatic rings. The molecule has 0 aliphatic carbocycles. The Kier molecular flexibility index (Phi) is 5.90. The quantitative estimate of drug-likeness (QED) is 0.611. The van der Waals surface area contributed by atoms with E-state index in [2.05, 4.69) is 21.4 Å². The normalized spacial score (nSPS) is 10.5. The van der Waals surface area contributed by atoms with E-state index in [1.165, 1.54) is 17.3 Å². The van der Waals surface area contributed by atoms with Gasteiger partial charge < -0.3 is 15.8 Å². The molecule has 0 bridgehead atoms. The maximum Gasteiger partial charge on any atom is 0.250 e. The molecule has 3 aromatic rings. The highest BCUT2D eigenvalue weighted by atomic mass is 16.5. The number of primary amides is 1. The molecule has 26 heavy (non-hydrogen) atoms. The molecule has 0 saturated heterocycles. The monoisotopic (exact) mass is 348 g/mol. The second kappa shape index (κ2) is 8.73. The molecular formula is C20H20N4O2. The summed E-state index contributed by atoms with van der Waals surface area (Å²) in [5.74, 6) is 0.588. The predicted molar refractivity (Wildman–Crippen MR) is 98.9 cm³/mol. The van der Waals surface area contributed by atoms with Crippen molar-refractivity contribution in [2.24, 2.45) is 5.73 Å². The lowest BCUT2D eigenvalue weighted by molar-refractivity contribution is 0.1000. The zero-order valence-electron chi connectivity index (χ0n) is 14.3. The van der Waals surface area contributed by atoms with Crippen LogP contribution in [-0.4, -0.2) is 22.4 Å². The summed E-state index contributed by atoms with van der Waals surface area (Å²) in [6.45, 7) is 1.67. The Hall–Kier alpha value is -3.25. The number of amides is 1. The lowest BCUT2D eigenvalue weighted by atomic mass is 10.2. The van der Waals surface area contributed by atoms with Gasteiger partial charge in [0.1, 0.15) is 5.75 Å². The number of carbonyl (C=O) groups is 1. The van der Waals surface area contributed by atoms with E-state index in [0.29, 0.717) is 17.2 Å². The fourth-order valence-electron chi connectivity index (χ4n) is 2.39. The molecule has 0 fully saturated rings. The molecule has 1 aromatic carbocycles. The fraction of sp³-hybridized carbons (Fsp3) is 0.150. The number of hydrogen-bond donors (Lipinski definition) is 2. The van der Waals surface area contributed by atoms with E-state index >= 15 is 0 Å². The first-order chi connectivity index (χ1) is 12.7. The molecule has 2 heterocycles. The van der Waals surface area contributed by atoms with E-state index < -0.39 is 5.91 Å². The summed E-state index contributed by atoms with van der Waals surface area (Å²) in [6, 6.07) is 15.0. The molecular weight excluding hydrogens is 328 g/mol. The van der Waals surface area contributed by atoms with Crippen molar-refractivity contribution in [3.8, 4) is 11.6 Å². The van der Waals surface area contributed by atoms with Crippen molar-refractivity contribution in [3.05, 3.63) is 83.8 Å². The third-order valence-corrected chi connectivity index (χ3v) is 3.81. The Labute approximate surface area is 152 Å². The third-order valence-electron chi connectivity index (χ3n) is 3.81. The second-order valence-corrected chi connectivity index (χ2v) is 5.78. The van der Waals surface area contributed by atoms with Crippen LogP contribution in [0.25, 0.3) is 0 Å². The zero-order valence-corrected chi connectivity index (χ0v) is 14.3. The van der Waals surface area contributed by atoms with Gasteiger partial charge in [-0.15, -0.1) is 0 Å². The number of nitrogens with zero attached hydrogens (tertiary/aromatic N) is 2. The van der Waals surface area contributed by atoms with Gasteiger partial charge in [0.05, 0.1) is 5.56 Å². The van der Waals surface area contributed by atoms with Crippen molar-refractivity contribution in [2.45, 2.75) is 13.0 Å². The summed E-state index contributed by atoms with van der Waals surface area (Å²) < 4.78 is 5.66. The second-order valence-electron chi connectivity index (χ2n) is 5.78. The van der Waals surface area contributed by atoms with Gasteiger partial charge in [0.25, 0.3) is 0 Å². The lowest BCUT2D eigenvalue weighted by Crippen LogP contribution is -2.16. The average molecular weight is 348 g/mol. The minimum absolute atomic E-state index is 0.352. The maximum absolute atomic E-state index is 11.0. The van der Waals surface area contributed by atoms with Gasteiger partial charge in [-0.2, -0.15) is 0 Å². The van der Waals surface area contributed by atoms with Crippen LogP contribution in [0.3, 0.4) is 0 Å². The van der Waals surface area contributed by atoms with Crippen molar-refractivity contribution in [1.29, 1.82) is 0 Å². The summed E-state index contributed by atoms with van der Waals surface area (Å²) in [6.07, 6.45) is 6.01. The smallest absolute Gasteiger partial charge is 0.250 e. The summed E-state index contributed by atoms with van der Waals surface area (Å²) >= 11 is 0. The van der Waals surface area contributed by atoms with Crippen LogP contribution >= 0.6 is 0 Å². The number of carbonyl (C=O) groups excluding carboxylic acids is 1. The van der Waals surface area contributed by atoms with Crippen molar-refractivity contribution in [3.63, 3.8) is 0 Å². The molecule has 0 spiro atoms. The van der Waals surface area contributed by atoms with Crippen molar-refractivity contribution in [1.82, 2.24) is 15.3 Å². The first-order valence-corrected chi connectivity index (χ1v) is 8.33. The number of hydrogen-bond acceptors (Lipinski definition) is 5. The van der Waals surface area contributed by atoms with Gasteiger partial charge in [-0.3, -0.25) is 9.78 Å².